The molecule has 2 aromatic heterocycles. The van der Waals surface area contributed by atoms with Crippen molar-refractivity contribution in [2.45, 2.75) is 6.61 Å². The van der Waals surface area contributed by atoms with E-state index in [2.05, 4.69) is 20.9 Å². The van der Waals surface area contributed by atoms with E-state index in [0.29, 0.717) is 44.0 Å². The van der Waals surface area contributed by atoms with E-state index < -0.39 is 0 Å². The number of aromatic nitrogens is 2. The summed E-state index contributed by atoms with van der Waals surface area (Å²) in [7, 11) is 1.61. The van der Waals surface area contributed by atoms with Crippen LogP contribution in [0.4, 0.5) is 5.82 Å². The standard InChI is InChI=1S/C16H17N5O2S/c1-23-10-15-19-13(11-24-15)16(22)21-6-4-20(5-7-21)14-8-12(9-17)2-3-18-14/h2-3,8,11H,4-7,10H2,1H3. The average Bonchev–Trinajstić information content (AvgIpc) is 3.10. The Bertz CT molecular complexity index is 762. The van der Waals surface area contributed by atoms with Crippen molar-refractivity contribution in [3.05, 3.63) is 40.0 Å². The summed E-state index contributed by atoms with van der Waals surface area (Å²) in [4.78, 5) is 25.0. The van der Waals surface area contributed by atoms with Crippen LogP contribution in [0.3, 0.4) is 0 Å². The molecule has 1 aliphatic heterocycles. The summed E-state index contributed by atoms with van der Waals surface area (Å²) in [5.74, 6) is 0.726. The molecular formula is C16H17N5O2S. The monoisotopic (exact) mass is 343 g/mol. The summed E-state index contributed by atoms with van der Waals surface area (Å²) in [6, 6.07) is 5.58. The van der Waals surface area contributed by atoms with E-state index in [1.165, 1.54) is 11.3 Å². The summed E-state index contributed by atoms with van der Waals surface area (Å²) >= 11 is 1.43. The molecule has 0 aromatic carbocycles. The number of carbonyl (C=O) groups is 1. The van der Waals surface area contributed by atoms with Gasteiger partial charge >= 0.3 is 0 Å². The maximum absolute atomic E-state index is 12.5. The fourth-order valence-corrected chi connectivity index (χ4v) is 3.30. The molecule has 24 heavy (non-hydrogen) atoms. The molecule has 0 spiro atoms. The molecule has 3 rings (SSSR count). The van der Waals surface area contributed by atoms with Crippen LogP contribution < -0.4 is 4.90 Å². The molecule has 1 aliphatic rings. The number of thiazole rings is 1. The van der Waals surface area contributed by atoms with Crippen LogP contribution in [0.15, 0.2) is 23.7 Å². The van der Waals surface area contributed by atoms with Crippen molar-refractivity contribution < 1.29 is 9.53 Å². The first-order valence-corrected chi connectivity index (χ1v) is 8.43. The molecule has 3 heterocycles. The van der Waals surface area contributed by atoms with Crippen LogP contribution >= 0.6 is 11.3 Å². The van der Waals surface area contributed by atoms with E-state index in [-0.39, 0.29) is 5.91 Å². The number of piperazine rings is 1. The van der Waals surface area contributed by atoms with Gasteiger partial charge in [-0.05, 0) is 12.1 Å². The summed E-state index contributed by atoms with van der Waals surface area (Å²) in [6.07, 6.45) is 1.64. The van der Waals surface area contributed by atoms with Crippen molar-refractivity contribution >= 4 is 23.1 Å². The molecule has 0 N–H and O–H groups in total. The van der Waals surface area contributed by atoms with Crippen LogP contribution in [0, 0.1) is 11.3 Å². The third kappa shape index (κ3) is 3.53. The van der Waals surface area contributed by atoms with Gasteiger partial charge in [-0.1, -0.05) is 0 Å². The normalized spacial score (nSPS) is 14.5. The van der Waals surface area contributed by atoms with Crippen LogP contribution in [0.1, 0.15) is 21.1 Å². The quantitative estimate of drug-likeness (QED) is 0.837. The van der Waals surface area contributed by atoms with Crippen molar-refractivity contribution in [2.75, 3.05) is 38.2 Å². The molecule has 0 aliphatic carbocycles. The van der Waals surface area contributed by atoms with Crippen molar-refractivity contribution in [3.8, 4) is 6.07 Å². The lowest BCUT2D eigenvalue weighted by Crippen LogP contribution is -2.49. The number of methoxy groups -OCH3 is 1. The zero-order valence-electron chi connectivity index (χ0n) is 13.3. The van der Waals surface area contributed by atoms with E-state index in [9.17, 15) is 4.79 Å². The molecule has 1 amide bonds. The van der Waals surface area contributed by atoms with Gasteiger partial charge in [0.1, 0.15) is 16.5 Å². The Balaban J connectivity index is 1.61. The molecular weight excluding hydrogens is 326 g/mol. The summed E-state index contributed by atoms with van der Waals surface area (Å²) in [5.41, 5.74) is 1.07. The largest absolute Gasteiger partial charge is 0.378 e. The molecule has 1 fully saturated rings. The lowest BCUT2D eigenvalue weighted by atomic mass is 10.2. The van der Waals surface area contributed by atoms with Crippen LogP contribution in [0.25, 0.3) is 0 Å². The lowest BCUT2D eigenvalue weighted by Gasteiger charge is -2.35. The molecule has 7 nitrogen and oxygen atoms in total. The highest BCUT2D eigenvalue weighted by Gasteiger charge is 2.24. The highest BCUT2D eigenvalue weighted by atomic mass is 32.1. The Kier molecular flexibility index (Phi) is 5.03. The highest BCUT2D eigenvalue weighted by molar-refractivity contribution is 7.09. The van der Waals surface area contributed by atoms with Gasteiger partial charge in [0.05, 0.1) is 18.2 Å². The lowest BCUT2D eigenvalue weighted by molar-refractivity contribution is 0.0740. The number of pyridine rings is 1. The number of nitriles is 1. The van der Waals surface area contributed by atoms with Crippen molar-refractivity contribution in [1.82, 2.24) is 14.9 Å². The van der Waals surface area contributed by atoms with E-state index in [1.54, 1.807) is 35.7 Å². The van der Waals surface area contributed by atoms with Crippen molar-refractivity contribution in [3.63, 3.8) is 0 Å². The van der Waals surface area contributed by atoms with Gasteiger partial charge in [0.15, 0.2) is 0 Å². The molecule has 0 bridgehead atoms. The van der Waals surface area contributed by atoms with Crippen molar-refractivity contribution in [2.24, 2.45) is 0 Å². The summed E-state index contributed by atoms with van der Waals surface area (Å²) in [5, 5.41) is 11.6. The molecule has 8 heteroatoms. The zero-order chi connectivity index (χ0) is 16.9. The maximum atomic E-state index is 12.5. The minimum absolute atomic E-state index is 0.0491. The molecule has 0 unspecified atom stereocenters. The SMILES string of the molecule is COCc1nc(C(=O)N2CCN(c3cc(C#N)ccn3)CC2)cs1. The summed E-state index contributed by atoms with van der Waals surface area (Å²) in [6.45, 7) is 3.00. The second-order valence-corrected chi connectivity index (χ2v) is 6.30. The van der Waals surface area contributed by atoms with Gasteiger partial charge in [0, 0.05) is 44.9 Å². The van der Waals surface area contributed by atoms with Crippen LogP contribution in [-0.2, 0) is 11.3 Å². The van der Waals surface area contributed by atoms with E-state index in [4.69, 9.17) is 10.00 Å². The van der Waals surface area contributed by atoms with Gasteiger partial charge in [-0.2, -0.15) is 5.26 Å². The average molecular weight is 343 g/mol. The maximum Gasteiger partial charge on any atom is 0.273 e. The third-order valence-corrected chi connectivity index (χ3v) is 4.63. The number of carbonyl (C=O) groups excluding carboxylic acids is 1. The molecule has 2 aromatic rings. The highest BCUT2D eigenvalue weighted by Crippen LogP contribution is 2.17. The molecule has 0 atom stereocenters. The Morgan fingerprint density at radius 1 is 1.42 bits per heavy atom. The number of anilines is 1. The van der Waals surface area contributed by atoms with Crippen LogP contribution in [-0.4, -0.2) is 54.1 Å². The van der Waals surface area contributed by atoms with Crippen LogP contribution in [0.2, 0.25) is 0 Å². The minimum atomic E-state index is -0.0491. The summed E-state index contributed by atoms with van der Waals surface area (Å²) < 4.78 is 5.03. The number of nitrogens with zero attached hydrogens (tertiary/aromatic N) is 5. The van der Waals surface area contributed by atoms with E-state index in [1.807, 2.05) is 0 Å². The predicted octanol–water partition coefficient (Wildman–Crippen LogP) is 1.52. The smallest absolute Gasteiger partial charge is 0.273 e. The fourth-order valence-electron chi connectivity index (χ4n) is 2.56. The molecule has 124 valence electrons. The first kappa shape index (κ1) is 16.4. The first-order chi connectivity index (χ1) is 11.7. The van der Waals surface area contributed by atoms with Gasteiger partial charge in [0.25, 0.3) is 5.91 Å². The van der Waals surface area contributed by atoms with Crippen LogP contribution in [0.5, 0.6) is 0 Å². The Hall–Kier alpha value is -2.50. The topological polar surface area (TPSA) is 82.4 Å². The number of rotatable bonds is 4. The Morgan fingerprint density at radius 3 is 2.92 bits per heavy atom. The van der Waals surface area contributed by atoms with E-state index in [0.717, 1.165) is 10.8 Å². The number of amides is 1. The minimum Gasteiger partial charge on any atom is -0.378 e. The number of hydrogen-bond acceptors (Lipinski definition) is 7. The van der Waals surface area contributed by atoms with Gasteiger partial charge in [0.2, 0.25) is 0 Å². The fraction of sp³-hybridized carbons (Fsp3) is 0.375. The Morgan fingerprint density at radius 2 is 2.21 bits per heavy atom. The number of hydrogen-bond donors (Lipinski definition) is 0. The number of ether oxygens (including phenoxy) is 1. The molecule has 1 saturated heterocycles. The van der Waals surface area contributed by atoms with Gasteiger partial charge in [-0.15, -0.1) is 11.3 Å². The molecule has 0 radical (unpaired) electrons. The third-order valence-electron chi connectivity index (χ3n) is 3.80. The second-order valence-electron chi connectivity index (χ2n) is 5.35. The van der Waals surface area contributed by atoms with Gasteiger partial charge in [-0.3, -0.25) is 4.79 Å². The first-order valence-electron chi connectivity index (χ1n) is 7.55. The Labute approximate surface area is 144 Å². The predicted molar refractivity (Wildman–Crippen MR) is 89.9 cm³/mol. The van der Waals surface area contributed by atoms with Gasteiger partial charge < -0.3 is 14.5 Å². The van der Waals surface area contributed by atoms with E-state index >= 15 is 0 Å². The molecule has 0 saturated carbocycles. The second kappa shape index (κ2) is 7.38. The van der Waals surface area contributed by atoms with Crippen molar-refractivity contribution in [1.29, 1.82) is 5.26 Å². The van der Waals surface area contributed by atoms with Gasteiger partial charge in [-0.25, -0.2) is 9.97 Å². The zero-order valence-corrected chi connectivity index (χ0v) is 14.1.